The van der Waals surface area contributed by atoms with Crippen molar-refractivity contribution in [2.45, 2.75) is 38.0 Å². The van der Waals surface area contributed by atoms with Crippen molar-refractivity contribution in [2.24, 2.45) is 0 Å². The molecule has 0 bridgehead atoms. The summed E-state index contributed by atoms with van der Waals surface area (Å²) in [6.07, 6.45) is 7.62. The van der Waals surface area contributed by atoms with E-state index < -0.39 is 5.60 Å². The first-order valence-electron chi connectivity index (χ1n) is 11.7. The van der Waals surface area contributed by atoms with E-state index in [-0.39, 0.29) is 6.61 Å². The minimum Gasteiger partial charge on any atom is -0.493 e. The van der Waals surface area contributed by atoms with Crippen molar-refractivity contribution in [3.8, 4) is 17.2 Å². The van der Waals surface area contributed by atoms with Gasteiger partial charge in [0.05, 0.1) is 35.6 Å². The zero-order valence-corrected chi connectivity index (χ0v) is 21.3. The van der Waals surface area contributed by atoms with Crippen LogP contribution in [0.3, 0.4) is 0 Å². The molecule has 3 aromatic rings. The predicted octanol–water partition coefficient (Wildman–Crippen LogP) is 5.07. The summed E-state index contributed by atoms with van der Waals surface area (Å²) in [7, 11) is 1.65. The molecule has 35 heavy (non-hydrogen) atoms. The van der Waals surface area contributed by atoms with Gasteiger partial charge in [0, 0.05) is 31.5 Å². The second-order valence-electron chi connectivity index (χ2n) is 8.85. The molecule has 2 heterocycles. The molecule has 1 aromatic heterocycles. The highest BCUT2D eigenvalue weighted by Crippen LogP contribution is 2.31. The Bertz CT molecular complexity index is 1100. The van der Waals surface area contributed by atoms with Gasteiger partial charge in [0.15, 0.2) is 11.5 Å². The number of aromatic nitrogens is 2. The summed E-state index contributed by atoms with van der Waals surface area (Å²) in [5, 5.41) is 12.1. The van der Waals surface area contributed by atoms with E-state index in [1.807, 2.05) is 22.9 Å². The second kappa shape index (κ2) is 12.0. The Kier molecular flexibility index (Phi) is 8.78. The van der Waals surface area contributed by atoms with Gasteiger partial charge in [0.1, 0.15) is 19.0 Å². The molecule has 1 fully saturated rings. The van der Waals surface area contributed by atoms with Crippen molar-refractivity contribution >= 4 is 23.2 Å². The van der Waals surface area contributed by atoms with Crippen LogP contribution in [-0.2, 0) is 13.1 Å². The third-order valence-electron chi connectivity index (χ3n) is 6.21. The molecular formula is C26H31Cl2N3O4. The summed E-state index contributed by atoms with van der Waals surface area (Å²) < 4.78 is 19.3. The molecule has 1 saturated heterocycles. The van der Waals surface area contributed by atoms with Crippen LogP contribution >= 0.6 is 23.2 Å². The molecule has 0 amide bonds. The lowest BCUT2D eigenvalue weighted by Crippen LogP contribution is -2.37. The largest absolute Gasteiger partial charge is 0.493 e. The highest BCUT2D eigenvalue weighted by Gasteiger charge is 2.31. The van der Waals surface area contributed by atoms with Gasteiger partial charge >= 0.3 is 0 Å². The molecule has 7 nitrogen and oxygen atoms in total. The third-order valence-corrected chi connectivity index (χ3v) is 6.95. The molecule has 1 aliphatic heterocycles. The summed E-state index contributed by atoms with van der Waals surface area (Å²) in [6.45, 7) is 3.91. The molecule has 4 rings (SSSR count). The number of hydrogen-bond acceptors (Lipinski definition) is 6. The second-order valence-corrected chi connectivity index (χ2v) is 9.67. The number of nitrogens with zero attached hydrogens (tertiary/aromatic N) is 3. The Balaban J connectivity index is 1.29. The number of likely N-dealkylation sites (tertiary alicyclic amines) is 1. The number of benzene rings is 2. The van der Waals surface area contributed by atoms with Crippen LogP contribution in [0.25, 0.3) is 0 Å². The van der Waals surface area contributed by atoms with Crippen LogP contribution in [0.1, 0.15) is 24.8 Å². The highest BCUT2D eigenvalue weighted by atomic mass is 35.5. The molecule has 188 valence electrons. The SMILES string of the molecule is COc1cc(CN2CCC[C@](O)(COc3ccc(Cl)c(Cl)c3)CC2)ccc1OCCn1ccnc1. The van der Waals surface area contributed by atoms with E-state index in [9.17, 15) is 5.11 Å². The maximum Gasteiger partial charge on any atom is 0.161 e. The van der Waals surface area contributed by atoms with Crippen molar-refractivity contribution in [1.82, 2.24) is 14.5 Å². The minimum atomic E-state index is -0.883. The average molecular weight is 520 g/mol. The van der Waals surface area contributed by atoms with Gasteiger partial charge in [-0.05, 0) is 55.6 Å². The fraction of sp³-hybridized carbons (Fsp3) is 0.423. The Morgan fingerprint density at radius 1 is 1.03 bits per heavy atom. The topological polar surface area (TPSA) is 69.0 Å². The first kappa shape index (κ1) is 25.6. The van der Waals surface area contributed by atoms with Gasteiger partial charge < -0.3 is 23.9 Å². The van der Waals surface area contributed by atoms with Crippen LogP contribution in [-0.4, -0.2) is 58.6 Å². The van der Waals surface area contributed by atoms with E-state index in [0.717, 1.165) is 49.7 Å². The first-order chi connectivity index (χ1) is 16.9. The Morgan fingerprint density at radius 2 is 1.91 bits per heavy atom. The summed E-state index contributed by atoms with van der Waals surface area (Å²) in [5.41, 5.74) is 0.257. The number of halogens is 2. The van der Waals surface area contributed by atoms with Gasteiger partial charge in [-0.2, -0.15) is 0 Å². The first-order valence-corrected chi connectivity index (χ1v) is 12.5. The van der Waals surface area contributed by atoms with Crippen LogP contribution in [0.4, 0.5) is 0 Å². The maximum atomic E-state index is 11.1. The number of ether oxygens (including phenoxy) is 3. The van der Waals surface area contributed by atoms with Crippen molar-refractivity contribution in [3.05, 3.63) is 70.7 Å². The zero-order chi connectivity index (χ0) is 24.7. The summed E-state index contributed by atoms with van der Waals surface area (Å²) in [5.74, 6) is 2.05. The van der Waals surface area contributed by atoms with Crippen LogP contribution in [0.5, 0.6) is 17.2 Å². The lowest BCUT2D eigenvalue weighted by molar-refractivity contribution is -0.0168. The van der Waals surface area contributed by atoms with Gasteiger partial charge in [0.25, 0.3) is 0 Å². The lowest BCUT2D eigenvalue weighted by Gasteiger charge is -2.27. The van der Waals surface area contributed by atoms with Gasteiger partial charge in [0.2, 0.25) is 0 Å². The number of imidazole rings is 1. The molecule has 1 N–H and O–H groups in total. The molecule has 0 saturated carbocycles. The average Bonchev–Trinajstić information content (AvgIpc) is 3.30. The van der Waals surface area contributed by atoms with Gasteiger partial charge in [-0.15, -0.1) is 0 Å². The fourth-order valence-corrected chi connectivity index (χ4v) is 4.48. The fourth-order valence-electron chi connectivity index (χ4n) is 4.19. The highest BCUT2D eigenvalue weighted by molar-refractivity contribution is 6.42. The third kappa shape index (κ3) is 7.27. The Hall–Kier alpha value is -2.45. The molecular weight excluding hydrogens is 489 g/mol. The minimum absolute atomic E-state index is 0.220. The van der Waals surface area contributed by atoms with Crippen molar-refractivity contribution < 1.29 is 19.3 Å². The molecule has 0 aliphatic carbocycles. The maximum absolute atomic E-state index is 11.1. The predicted molar refractivity (Wildman–Crippen MR) is 137 cm³/mol. The standard InChI is InChI=1S/C26H31Cl2N3O4/c1-33-25-15-20(3-6-24(25)34-14-13-31-12-9-29-19-31)17-30-10-2-7-26(32,8-11-30)18-35-21-4-5-22(27)23(28)16-21/h3-6,9,12,15-16,19,32H,2,7-8,10-11,13-14,17-18H2,1H3/t26-/m1/s1. The van der Waals surface area contributed by atoms with E-state index in [1.54, 1.807) is 37.8 Å². The monoisotopic (exact) mass is 519 g/mol. The van der Waals surface area contributed by atoms with Crippen LogP contribution in [0.15, 0.2) is 55.1 Å². The van der Waals surface area contributed by atoms with Crippen LogP contribution < -0.4 is 14.2 Å². The molecule has 2 aromatic carbocycles. The van der Waals surface area contributed by atoms with E-state index in [0.29, 0.717) is 35.2 Å². The van der Waals surface area contributed by atoms with Crippen molar-refractivity contribution in [3.63, 3.8) is 0 Å². The molecule has 1 atom stereocenters. The summed E-state index contributed by atoms with van der Waals surface area (Å²) >= 11 is 12.0. The van der Waals surface area contributed by atoms with Gasteiger partial charge in [-0.25, -0.2) is 4.98 Å². The van der Waals surface area contributed by atoms with E-state index >= 15 is 0 Å². The Morgan fingerprint density at radius 3 is 2.69 bits per heavy atom. The quantitative estimate of drug-likeness (QED) is 0.403. The number of rotatable bonds is 10. The van der Waals surface area contributed by atoms with Gasteiger partial charge in [-0.3, -0.25) is 4.90 Å². The summed E-state index contributed by atoms with van der Waals surface area (Å²) in [6, 6.07) is 11.2. The zero-order valence-electron chi connectivity index (χ0n) is 19.8. The summed E-state index contributed by atoms with van der Waals surface area (Å²) in [4.78, 5) is 6.39. The molecule has 9 heteroatoms. The van der Waals surface area contributed by atoms with Crippen molar-refractivity contribution in [1.29, 1.82) is 0 Å². The molecule has 0 unspecified atom stereocenters. The number of hydrogen-bond donors (Lipinski definition) is 1. The Labute approximate surface area is 216 Å². The van der Waals surface area contributed by atoms with Crippen LogP contribution in [0, 0.1) is 0 Å². The van der Waals surface area contributed by atoms with E-state index in [1.165, 1.54) is 0 Å². The normalized spacial score (nSPS) is 18.7. The molecule has 0 radical (unpaired) electrons. The number of aliphatic hydroxyl groups is 1. The number of methoxy groups -OCH3 is 1. The molecule has 0 spiro atoms. The lowest BCUT2D eigenvalue weighted by atomic mass is 9.96. The smallest absolute Gasteiger partial charge is 0.161 e. The van der Waals surface area contributed by atoms with Crippen molar-refractivity contribution in [2.75, 3.05) is 33.4 Å². The molecule has 1 aliphatic rings. The van der Waals surface area contributed by atoms with Crippen LogP contribution in [0.2, 0.25) is 10.0 Å². The van der Waals surface area contributed by atoms with E-state index in [2.05, 4.69) is 16.0 Å². The van der Waals surface area contributed by atoms with Gasteiger partial charge in [-0.1, -0.05) is 29.3 Å². The van der Waals surface area contributed by atoms with E-state index in [4.69, 9.17) is 37.4 Å².